The highest BCUT2D eigenvalue weighted by atomic mass is 16.2. The third-order valence-electron chi connectivity index (χ3n) is 5.23. The molecule has 3 aromatic rings. The normalized spacial score (nSPS) is 17.8. The van der Waals surface area contributed by atoms with Crippen LogP contribution in [0.1, 0.15) is 41.9 Å². The van der Waals surface area contributed by atoms with E-state index in [0.29, 0.717) is 18.7 Å². The molecule has 1 aliphatic heterocycles. The van der Waals surface area contributed by atoms with Crippen LogP contribution >= 0.6 is 0 Å². The van der Waals surface area contributed by atoms with Gasteiger partial charge in [-0.15, -0.1) is 0 Å². The smallest absolute Gasteiger partial charge is 0.345 e. The van der Waals surface area contributed by atoms with Gasteiger partial charge in [-0.05, 0) is 44.0 Å². The molecule has 1 amide bonds. The van der Waals surface area contributed by atoms with E-state index in [1.807, 2.05) is 42.3 Å². The van der Waals surface area contributed by atoms with Crippen LogP contribution in [0.2, 0.25) is 0 Å². The molecule has 0 aliphatic carbocycles. The van der Waals surface area contributed by atoms with Gasteiger partial charge in [0.2, 0.25) is 0 Å². The Bertz CT molecular complexity index is 1010. The summed E-state index contributed by atoms with van der Waals surface area (Å²) in [5, 5.41) is 5.47. The van der Waals surface area contributed by atoms with E-state index in [2.05, 4.69) is 10.1 Å². The minimum absolute atomic E-state index is 0.0409. The Morgan fingerprint density at radius 1 is 1.35 bits per heavy atom. The first kappa shape index (κ1) is 16.6. The molecule has 0 radical (unpaired) electrons. The number of hydrogen-bond acceptors (Lipinski definition) is 3. The maximum absolute atomic E-state index is 13.0. The van der Waals surface area contributed by atoms with Crippen LogP contribution in [-0.4, -0.2) is 43.2 Å². The summed E-state index contributed by atoms with van der Waals surface area (Å²) in [5.41, 5.74) is 1.63. The van der Waals surface area contributed by atoms with E-state index in [1.165, 1.54) is 4.68 Å². The lowest BCUT2D eigenvalue weighted by atomic mass is 9.96. The molecule has 136 valence electrons. The van der Waals surface area contributed by atoms with Crippen LogP contribution in [0.3, 0.4) is 0 Å². The quantitative estimate of drug-likeness (QED) is 0.783. The summed E-state index contributed by atoms with van der Waals surface area (Å²) in [5.74, 6) is 0.926. The third-order valence-corrected chi connectivity index (χ3v) is 5.23. The van der Waals surface area contributed by atoms with Gasteiger partial charge in [0, 0.05) is 55.3 Å². The molecule has 7 heteroatoms. The molecule has 0 unspecified atom stereocenters. The van der Waals surface area contributed by atoms with E-state index < -0.39 is 0 Å². The molecule has 3 heterocycles. The molecule has 26 heavy (non-hydrogen) atoms. The second kappa shape index (κ2) is 6.48. The lowest BCUT2D eigenvalue weighted by Gasteiger charge is -2.32. The summed E-state index contributed by atoms with van der Waals surface area (Å²) in [6.07, 6.45) is 3.73. The highest BCUT2D eigenvalue weighted by molar-refractivity contribution is 5.98. The number of aryl methyl sites for hydroxylation is 1. The van der Waals surface area contributed by atoms with E-state index >= 15 is 0 Å². The first-order chi connectivity index (χ1) is 12.6. The lowest BCUT2D eigenvalue weighted by Crippen LogP contribution is -2.40. The van der Waals surface area contributed by atoms with Crippen molar-refractivity contribution in [2.75, 3.05) is 13.1 Å². The fraction of sp³-hybridized carbons (Fsp3) is 0.421. The van der Waals surface area contributed by atoms with Crippen LogP contribution in [0.4, 0.5) is 0 Å². The fourth-order valence-electron chi connectivity index (χ4n) is 3.86. The van der Waals surface area contributed by atoms with E-state index in [9.17, 15) is 9.59 Å². The van der Waals surface area contributed by atoms with Crippen molar-refractivity contribution in [3.05, 3.63) is 52.3 Å². The standard InChI is InChI=1S/C19H23N5O2/c1-3-24-17(21-22(2)19(24)26)15-5-4-10-23(12-15)18(25)14-6-7-16-13(11-14)8-9-20-16/h6-9,11,15,20H,3-5,10,12H2,1-2H3/t15-/m1/s1. The molecule has 1 aliphatic rings. The van der Waals surface area contributed by atoms with Crippen molar-refractivity contribution in [3.63, 3.8) is 0 Å². The molecule has 7 nitrogen and oxygen atoms in total. The van der Waals surface area contributed by atoms with Gasteiger partial charge >= 0.3 is 5.69 Å². The second-order valence-corrected chi connectivity index (χ2v) is 6.88. The van der Waals surface area contributed by atoms with Gasteiger partial charge in [0.15, 0.2) is 0 Å². The highest BCUT2D eigenvalue weighted by Gasteiger charge is 2.29. The second-order valence-electron chi connectivity index (χ2n) is 6.88. The Hall–Kier alpha value is -2.83. The lowest BCUT2D eigenvalue weighted by molar-refractivity contribution is 0.0703. The van der Waals surface area contributed by atoms with E-state index in [-0.39, 0.29) is 17.5 Å². The molecular weight excluding hydrogens is 330 g/mol. The number of H-pyrrole nitrogens is 1. The molecule has 1 N–H and O–H groups in total. The molecule has 1 atom stereocenters. The molecule has 0 saturated carbocycles. The van der Waals surface area contributed by atoms with Gasteiger partial charge in [-0.25, -0.2) is 9.48 Å². The molecule has 0 bridgehead atoms. The predicted molar refractivity (Wildman–Crippen MR) is 99.3 cm³/mol. The van der Waals surface area contributed by atoms with Crippen LogP contribution in [0, 0.1) is 0 Å². The summed E-state index contributed by atoms with van der Waals surface area (Å²) < 4.78 is 3.10. The molecule has 1 fully saturated rings. The topological polar surface area (TPSA) is 75.9 Å². The molecule has 4 rings (SSSR count). The van der Waals surface area contributed by atoms with Gasteiger partial charge in [0.25, 0.3) is 5.91 Å². The van der Waals surface area contributed by atoms with E-state index in [4.69, 9.17) is 0 Å². The van der Waals surface area contributed by atoms with Crippen molar-refractivity contribution in [3.8, 4) is 0 Å². The number of nitrogens with one attached hydrogen (secondary N) is 1. The zero-order valence-electron chi connectivity index (χ0n) is 15.1. The van der Waals surface area contributed by atoms with Crippen molar-refractivity contribution < 1.29 is 4.79 Å². The van der Waals surface area contributed by atoms with Crippen molar-refractivity contribution in [2.24, 2.45) is 7.05 Å². The Balaban J connectivity index is 1.59. The Morgan fingerprint density at radius 2 is 2.19 bits per heavy atom. The largest absolute Gasteiger partial charge is 0.361 e. The Labute approximate surface area is 151 Å². The predicted octanol–water partition coefficient (Wildman–Crippen LogP) is 2.10. The summed E-state index contributed by atoms with van der Waals surface area (Å²) in [7, 11) is 1.68. The number of carbonyl (C=O) groups is 1. The summed E-state index contributed by atoms with van der Waals surface area (Å²) >= 11 is 0. The zero-order valence-corrected chi connectivity index (χ0v) is 15.1. The number of aromatic nitrogens is 4. The van der Waals surface area contributed by atoms with Gasteiger partial charge in [-0.1, -0.05) is 0 Å². The molecule has 1 saturated heterocycles. The first-order valence-electron chi connectivity index (χ1n) is 9.08. The van der Waals surface area contributed by atoms with Crippen molar-refractivity contribution in [1.29, 1.82) is 0 Å². The van der Waals surface area contributed by atoms with E-state index in [0.717, 1.165) is 36.1 Å². The van der Waals surface area contributed by atoms with Crippen molar-refractivity contribution in [2.45, 2.75) is 32.2 Å². The van der Waals surface area contributed by atoms with Crippen molar-refractivity contribution >= 4 is 16.8 Å². The van der Waals surface area contributed by atoms with Gasteiger partial charge in [0.1, 0.15) is 5.82 Å². The number of hydrogen-bond donors (Lipinski definition) is 1. The molecule has 0 spiro atoms. The number of carbonyl (C=O) groups excluding carboxylic acids is 1. The third kappa shape index (κ3) is 2.73. The summed E-state index contributed by atoms with van der Waals surface area (Å²) in [4.78, 5) is 30.2. The number of likely N-dealkylation sites (tertiary alicyclic amines) is 1. The molecule has 2 aromatic heterocycles. The Morgan fingerprint density at radius 3 is 3.00 bits per heavy atom. The van der Waals surface area contributed by atoms with Gasteiger partial charge in [0.05, 0.1) is 0 Å². The SMILES string of the molecule is CCn1c([C@@H]2CCCN(C(=O)c3ccc4[nH]ccc4c3)C2)nn(C)c1=O. The van der Waals surface area contributed by atoms with Gasteiger partial charge in [-0.3, -0.25) is 9.36 Å². The number of nitrogens with zero attached hydrogens (tertiary/aromatic N) is 4. The monoisotopic (exact) mass is 353 g/mol. The number of piperidine rings is 1. The van der Waals surface area contributed by atoms with Crippen LogP contribution in [-0.2, 0) is 13.6 Å². The first-order valence-corrected chi connectivity index (χ1v) is 9.08. The number of amides is 1. The van der Waals surface area contributed by atoms with Gasteiger partial charge in [-0.2, -0.15) is 5.10 Å². The molecule has 1 aromatic carbocycles. The number of benzene rings is 1. The fourth-order valence-corrected chi connectivity index (χ4v) is 3.86. The molecular formula is C19H23N5O2. The minimum Gasteiger partial charge on any atom is -0.361 e. The van der Waals surface area contributed by atoms with Crippen LogP contribution in [0.5, 0.6) is 0 Å². The van der Waals surface area contributed by atoms with Crippen molar-refractivity contribution in [1.82, 2.24) is 24.2 Å². The van der Waals surface area contributed by atoms with Crippen LogP contribution < -0.4 is 5.69 Å². The average molecular weight is 353 g/mol. The number of rotatable bonds is 3. The number of aromatic amines is 1. The maximum Gasteiger partial charge on any atom is 0.345 e. The Kier molecular flexibility index (Phi) is 4.14. The average Bonchev–Trinajstić information content (AvgIpc) is 3.25. The summed E-state index contributed by atoms with van der Waals surface area (Å²) in [6.45, 7) is 3.88. The van der Waals surface area contributed by atoms with E-state index in [1.54, 1.807) is 11.6 Å². The minimum atomic E-state index is -0.0936. The maximum atomic E-state index is 13.0. The zero-order chi connectivity index (χ0) is 18.3. The van der Waals surface area contributed by atoms with Gasteiger partial charge < -0.3 is 9.88 Å². The number of fused-ring (bicyclic) bond motifs is 1. The van der Waals surface area contributed by atoms with Crippen LogP contribution in [0.15, 0.2) is 35.3 Å². The highest BCUT2D eigenvalue weighted by Crippen LogP contribution is 2.26. The summed E-state index contributed by atoms with van der Waals surface area (Å²) in [6, 6.07) is 7.71. The van der Waals surface area contributed by atoms with Crippen LogP contribution in [0.25, 0.3) is 10.9 Å².